The van der Waals surface area contributed by atoms with Gasteiger partial charge in [-0.1, -0.05) is 67.6 Å². The van der Waals surface area contributed by atoms with Crippen molar-refractivity contribution in [2.24, 2.45) is 11.8 Å². The van der Waals surface area contributed by atoms with E-state index in [0.29, 0.717) is 6.42 Å². The lowest BCUT2D eigenvalue weighted by Gasteiger charge is -2.45. The van der Waals surface area contributed by atoms with Crippen LogP contribution in [0.2, 0.25) is 0 Å². The topological polar surface area (TPSA) is 46.6 Å². The molecule has 4 nitrogen and oxygen atoms in total. The average molecular weight is 377 g/mol. The Morgan fingerprint density at radius 3 is 2.36 bits per heavy atom. The van der Waals surface area contributed by atoms with E-state index in [1.165, 1.54) is 18.1 Å². The van der Waals surface area contributed by atoms with Gasteiger partial charge in [0, 0.05) is 44.3 Å². The van der Waals surface area contributed by atoms with Crippen LogP contribution in [0.4, 0.5) is 0 Å². The van der Waals surface area contributed by atoms with Crippen molar-refractivity contribution in [3.8, 4) is 0 Å². The molecule has 2 fully saturated rings. The second kappa shape index (κ2) is 7.51. The minimum absolute atomic E-state index is 0.0872. The third-order valence-corrected chi connectivity index (χ3v) is 6.50. The van der Waals surface area contributed by atoms with Crippen LogP contribution in [-0.2, 0) is 26.3 Å². The SMILES string of the molecule is CC(=O)OC1CC(C)(c2ccccc2)C2CN(Cc3ccccc3)CC2C1=O. The average Bonchev–Trinajstić information content (AvgIpc) is 3.12. The number of hydrogen-bond donors (Lipinski definition) is 0. The van der Waals surface area contributed by atoms with Gasteiger partial charge in [0.15, 0.2) is 11.9 Å². The monoisotopic (exact) mass is 377 g/mol. The van der Waals surface area contributed by atoms with Crippen LogP contribution in [0.15, 0.2) is 60.7 Å². The van der Waals surface area contributed by atoms with Gasteiger partial charge in [0.25, 0.3) is 0 Å². The van der Waals surface area contributed by atoms with Crippen molar-refractivity contribution < 1.29 is 14.3 Å². The Bertz CT molecular complexity index is 851. The van der Waals surface area contributed by atoms with Crippen molar-refractivity contribution in [1.29, 1.82) is 0 Å². The van der Waals surface area contributed by atoms with Gasteiger partial charge < -0.3 is 4.74 Å². The third-order valence-electron chi connectivity index (χ3n) is 6.50. The van der Waals surface area contributed by atoms with Crippen LogP contribution in [0.1, 0.15) is 31.4 Å². The number of likely N-dealkylation sites (tertiary alicyclic amines) is 1. The van der Waals surface area contributed by atoms with E-state index in [2.05, 4.69) is 48.2 Å². The van der Waals surface area contributed by atoms with Crippen molar-refractivity contribution in [2.75, 3.05) is 13.1 Å². The summed E-state index contributed by atoms with van der Waals surface area (Å²) >= 11 is 0. The summed E-state index contributed by atoms with van der Waals surface area (Å²) in [5, 5.41) is 0. The molecule has 1 aliphatic carbocycles. The standard InChI is InChI=1S/C24H27NO3/c1-17(26)28-22-13-24(2,19-11-7-4-8-12-19)21-16-25(15-20(21)23(22)27)14-18-9-5-3-6-10-18/h3-12,20-22H,13-16H2,1-2H3. The largest absolute Gasteiger partial charge is 0.455 e. The maximum Gasteiger partial charge on any atom is 0.303 e. The number of ketones is 1. The van der Waals surface area contributed by atoms with Crippen molar-refractivity contribution in [3.05, 3.63) is 71.8 Å². The lowest BCUT2D eigenvalue weighted by atomic mass is 9.59. The van der Waals surface area contributed by atoms with E-state index >= 15 is 0 Å². The van der Waals surface area contributed by atoms with Crippen LogP contribution in [0.3, 0.4) is 0 Å². The zero-order valence-electron chi connectivity index (χ0n) is 16.5. The molecule has 1 aliphatic heterocycles. The van der Waals surface area contributed by atoms with E-state index in [1.54, 1.807) is 0 Å². The van der Waals surface area contributed by atoms with Crippen molar-refractivity contribution in [3.63, 3.8) is 0 Å². The Labute approximate surface area is 166 Å². The number of Topliss-reactive ketones (excluding diaryl/α,β-unsaturated/α-hetero) is 1. The fraction of sp³-hybridized carbons (Fsp3) is 0.417. The smallest absolute Gasteiger partial charge is 0.303 e. The molecule has 0 radical (unpaired) electrons. The maximum atomic E-state index is 13.2. The minimum Gasteiger partial charge on any atom is -0.455 e. The first-order chi connectivity index (χ1) is 13.5. The molecule has 146 valence electrons. The molecular formula is C24H27NO3. The molecule has 2 aromatic rings. The third kappa shape index (κ3) is 3.49. The highest BCUT2D eigenvalue weighted by Crippen LogP contribution is 2.49. The summed E-state index contributed by atoms with van der Waals surface area (Å²) in [7, 11) is 0. The van der Waals surface area contributed by atoms with E-state index in [-0.39, 0.29) is 29.0 Å². The number of esters is 1. The highest BCUT2D eigenvalue weighted by molar-refractivity contribution is 5.89. The molecule has 28 heavy (non-hydrogen) atoms. The first-order valence-electron chi connectivity index (χ1n) is 10.00. The summed E-state index contributed by atoms with van der Waals surface area (Å²) in [5.41, 5.74) is 2.27. The summed E-state index contributed by atoms with van der Waals surface area (Å²) in [6.07, 6.45) is -0.101. The Morgan fingerprint density at radius 2 is 1.71 bits per heavy atom. The van der Waals surface area contributed by atoms with Crippen molar-refractivity contribution in [2.45, 2.75) is 38.3 Å². The molecule has 0 N–H and O–H groups in total. The van der Waals surface area contributed by atoms with Gasteiger partial charge in [-0.2, -0.15) is 0 Å². The molecule has 1 saturated heterocycles. The van der Waals surface area contributed by atoms with Gasteiger partial charge in [0.05, 0.1) is 0 Å². The highest BCUT2D eigenvalue weighted by atomic mass is 16.5. The molecule has 4 heteroatoms. The molecule has 0 amide bonds. The Kier molecular flexibility index (Phi) is 5.07. The number of benzene rings is 2. The number of fused-ring (bicyclic) bond motifs is 1. The number of nitrogens with zero attached hydrogens (tertiary/aromatic N) is 1. The summed E-state index contributed by atoms with van der Waals surface area (Å²) in [4.78, 5) is 27.1. The number of carbonyl (C=O) groups is 2. The molecule has 1 saturated carbocycles. The fourth-order valence-corrected chi connectivity index (χ4v) is 5.12. The summed E-state index contributed by atoms with van der Waals surface area (Å²) < 4.78 is 5.48. The van der Waals surface area contributed by atoms with Crippen LogP contribution < -0.4 is 0 Å². The van der Waals surface area contributed by atoms with Gasteiger partial charge in [-0.15, -0.1) is 0 Å². The van der Waals surface area contributed by atoms with E-state index in [4.69, 9.17) is 4.74 Å². The molecular weight excluding hydrogens is 350 g/mol. The summed E-state index contributed by atoms with van der Waals surface area (Å²) in [5.74, 6) is -0.180. The van der Waals surface area contributed by atoms with Gasteiger partial charge in [-0.05, 0) is 17.0 Å². The van der Waals surface area contributed by atoms with Gasteiger partial charge in [-0.3, -0.25) is 14.5 Å². The predicted molar refractivity (Wildman–Crippen MR) is 108 cm³/mol. The van der Waals surface area contributed by atoms with Gasteiger partial charge in [0.1, 0.15) is 0 Å². The van der Waals surface area contributed by atoms with Crippen LogP contribution in [-0.4, -0.2) is 35.8 Å². The van der Waals surface area contributed by atoms with E-state index in [9.17, 15) is 9.59 Å². The summed E-state index contributed by atoms with van der Waals surface area (Å²) in [6, 6.07) is 20.7. The van der Waals surface area contributed by atoms with E-state index < -0.39 is 6.10 Å². The Hall–Kier alpha value is -2.46. The van der Waals surface area contributed by atoms with Crippen LogP contribution in [0, 0.1) is 11.8 Å². The Morgan fingerprint density at radius 1 is 1.07 bits per heavy atom. The molecule has 4 atom stereocenters. The molecule has 2 aromatic carbocycles. The number of carbonyl (C=O) groups excluding carboxylic acids is 2. The normalized spacial score (nSPS) is 30.1. The van der Waals surface area contributed by atoms with E-state index in [1.807, 2.05) is 24.3 Å². The van der Waals surface area contributed by atoms with Crippen LogP contribution in [0.25, 0.3) is 0 Å². The van der Waals surface area contributed by atoms with Crippen LogP contribution >= 0.6 is 0 Å². The maximum absolute atomic E-state index is 13.2. The second-order valence-corrected chi connectivity index (χ2v) is 8.38. The second-order valence-electron chi connectivity index (χ2n) is 8.38. The lowest BCUT2D eigenvalue weighted by Crippen LogP contribution is -2.52. The van der Waals surface area contributed by atoms with Gasteiger partial charge >= 0.3 is 5.97 Å². The van der Waals surface area contributed by atoms with Gasteiger partial charge in [-0.25, -0.2) is 0 Å². The number of ether oxygens (including phenoxy) is 1. The fourth-order valence-electron chi connectivity index (χ4n) is 5.12. The van der Waals surface area contributed by atoms with Gasteiger partial charge in [0.2, 0.25) is 0 Å². The predicted octanol–water partition coefficient (Wildman–Crippen LogP) is 3.60. The molecule has 2 aliphatic rings. The lowest BCUT2D eigenvalue weighted by molar-refractivity contribution is -0.160. The zero-order valence-corrected chi connectivity index (χ0v) is 16.5. The van der Waals surface area contributed by atoms with Crippen molar-refractivity contribution >= 4 is 11.8 Å². The zero-order chi connectivity index (χ0) is 19.7. The van der Waals surface area contributed by atoms with E-state index in [0.717, 1.165) is 19.6 Å². The summed E-state index contributed by atoms with van der Waals surface area (Å²) in [6.45, 7) is 6.05. The Balaban J connectivity index is 1.65. The molecule has 4 rings (SSSR count). The molecule has 0 spiro atoms. The van der Waals surface area contributed by atoms with Crippen molar-refractivity contribution in [1.82, 2.24) is 4.90 Å². The first-order valence-corrected chi connectivity index (χ1v) is 10.00. The highest BCUT2D eigenvalue weighted by Gasteiger charge is 2.55. The number of hydrogen-bond acceptors (Lipinski definition) is 4. The van der Waals surface area contributed by atoms with Crippen LogP contribution in [0.5, 0.6) is 0 Å². The first kappa shape index (κ1) is 18.9. The molecule has 0 bridgehead atoms. The molecule has 0 aromatic heterocycles. The molecule has 4 unspecified atom stereocenters. The quantitative estimate of drug-likeness (QED) is 0.764. The minimum atomic E-state index is -0.652. The number of rotatable bonds is 4. The molecule has 1 heterocycles.